The van der Waals surface area contributed by atoms with Crippen LogP contribution in [0.4, 0.5) is 0 Å². The number of nitrogens with one attached hydrogen (secondary N) is 1. The molecular formula is C12H20N2O2S. The van der Waals surface area contributed by atoms with Crippen LogP contribution in [0.2, 0.25) is 0 Å². The smallest absolute Gasteiger partial charge is 0.241 e. The number of nitrogens with two attached hydrogens (primary N) is 1. The van der Waals surface area contributed by atoms with Crippen molar-refractivity contribution >= 4 is 10.0 Å². The van der Waals surface area contributed by atoms with Gasteiger partial charge in [-0.3, -0.25) is 0 Å². The molecule has 1 aromatic carbocycles. The molecule has 0 saturated carbocycles. The number of aryl methyl sites for hydroxylation is 1. The van der Waals surface area contributed by atoms with Crippen molar-refractivity contribution in [3.05, 3.63) is 29.8 Å². The quantitative estimate of drug-likeness (QED) is 0.833. The first kappa shape index (κ1) is 14.2. The van der Waals surface area contributed by atoms with Gasteiger partial charge in [0.1, 0.15) is 0 Å². The Morgan fingerprint density at radius 3 is 2.18 bits per heavy atom. The Morgan fingerprint density at radius 1 is 1.24 bits per heavy atom. The molecule has 3 N–H and O–H groups in total. The van der Waals surface area contributed by atoms with Crippen LogP contribution in [0.25, 0.3) is 0 Å². The third kappa shape index (κ3) is 3.80. The van der Waals surface area contributed by atoms with E-state index in [1.807, 2.05) is 19.1 Å². The maximum Gasteiger partial charge on any atom is 0.241 e. The Morgan fingerprint density at radius 2 is 1.76 bits per heavy atom. The van der Waals surface area contributed by atoms with Gasteiger partial charge in [0.2, 0.25) is 10.0 Å². The number of hydrogen-bond donors (Lipinski definition) is 2. The highest BCUT2D eigenvalue weighted by atomic mass is 32.2. The fraction of sp³-hybridized carbons (Fsp3) is 0.500. The van der Waals surface area contributed by atoms with Gasteiger partial charge in [-0.15, -0.1) is 0 Å². The maximum absolute atomic E-state index is 12.0. The summed E-state index contributed by atoms with van der Waals surface area (Å²) in [6.07, 6.45) is 0.891. The van der Waals surface area contributed by atoms with Gasteiger partial charge in [0.15, 0.2) is 0 Å². The van der Waals surface area contributed by atoms with Crippen LogP contribution in [-0.4, -0.2) is 20.5 Å². The largest absolute Gasteiger partial charge is 0.329 e. The Labute approximate surface area is 103 Å². The van der Waals surface area contributed by atoms with Crippen molar-refractivity contribution in [2.24, 2.45) is 5.73 Å². The second kappa shape index (κ2) is 5.16. The van der Waals surface area contributed by atoms with Crippen LogP contribution < -0.4 is 10.5 Å². The van der Waals surface area contributed by atoms with Gasteiger partial charge < -0.3 is 5.73 Å². The zero-order chi connectivity index (χ0) is 13.1. The minimum atomic E-state index is -3.49. The second-order valence-electron chi connectivity index (χ2n) is 4.69. The summed E-state index contributed by atoms with van der Waals surface area (Å²) in [7, 11) is -3.49. The predicted octanol–water partition coefficient (Wildman–Crippen LogP) is 1.26. The van der Waals surface area contributed by atoms with E-state index in [9.17, 15) is 8.42 Å². The summed E-state index contributed by atoms with van der Waals surface area (Å²) in [4.78, 5) is 0.274. The molecule has 0 amide bonds. The lowest BCUT2D eigenvalue weighted by Gasteiger charge is -2.23. The molecule has 0 radical (unpaired) electrons. The van der Waals surface area contributed by atoms with Gasteiger partial charge in [-0.25, -0.2) is 13.1 Å². The number of sulfonamides is 1. The molecule has 1 rings (SSSR count). The number of hydrogen-bond acceptors (Lipinski definition) is 3. The van der Waals surface area contributed by atoms with E-state index in [4.69, 9.17) is 5.73 Å². The molecule has 1 aromatic rings. The van der Waals surface area contributed by atoms with E-state index in [2.05, 4.69) is 4.72 Å². The Kier molecular flexibility index (Phi) is 4.30. The first-order chi connectivity index (χ1) is 7.80. The maximum atomic E-state index is 12.0. The van der Waals surface area contributed by atoms with Crippen molar-refractivity contribution in [2.75, 3.05) is 6.54 Å². The number of benzene rings is 1. The van der Waals surface area contributed by atoms with Gasteiger partial charge in [-0.1, -0.05) is 19.1 Å². The van der Waals surface area contributed by atoms with E-state index in [-0.39, 0.29) is 11.4 Å². The average Bonchev–Trinajstić information content (AvgIpc) is 2.28. The molecule has 0 heterocycles. The first-order valence-electron chi connectivity index (χ1n) is 5.64. The molecule has 96 valence electrons. The molecule has 0 spiro atoms. The molecule has 0 bridgehead atoms. The molecule has 0 saturated heterocycles. The topological polar surface area (TPSA) is 72.2 Å². The van der Waals surface area contributed by atoms with E-state index in [0.717, 1.165) is 12.0 Å². The van der Waals surface area contributed by atoms with Crippen molar-refractivity contribution in [3.63, 3.8) is 0 Å². The minimum Gasteiger partial charge on any atom is -0.329 e. The fourth-order valence-corrected chi connectivity index (χ4v) is 2.79. The van der Waals surface area contributed by atoms with Crippen LogP contribution in [-0.2, 0) is 16.4 Å². The molecule has 0 aliphatic rings. The van der Waals surface area contributed by atoms with Gasteiger partial charge in [-0.2, -0.15) is 0 Å². The Balaban J connectivity index is 2.97. The highest BCUT2D eigenvalue weighted by Gasteiger charge is 2.24. The van der Waals surface area contributed by atoms with Crippen molar-refractivity contribution in [2.45, 2.75) is 37.6 Å². The standard InChI is InChI=1S/C12H20N2O2S/c1-4-10-5-7-11(8-6-10)17(15,16)14-12(2,3)9-13/h5-8,14H,4,9,13H2,1-3H3. The summed E-state index contributed by atoms with van der Waals surface area (Å²) >= 11 is 0. The van der Waals surface area contributed by atoms with Gasteiger partial charge in [0, 0.05) is 12.1 Å². The third-order valence-corrected chi connectivity index (χ3v) is 4.28. The molecule has 0 fully saturated rings. The summed E-state index contributed by atoms with van der Waals surface area (Å²) in [5, 5.41) is 0. The third-order valence-electron chi connectivity index (χ3n) is 2.56. The lowest BCUT2D eigenvalue weighted by Crippen LogP contribution is -2.48. The van der Waals surface area contributed by atoms with Crippen LogP contribution in [0.5, 0.6) is 0 Å². The molecule has 0 atom stereocenters. The summed E-state index contributed by atoms with van der Waals surface area (Å²) < 4.78 is 26.7. The summed E-state index contributed by atoms with van der Waals surface area (Å²) in [6, 6.07) is 6.88. The SMILES string of the molecule is CCc1ccc(S(=O)(=O)NC(C)(C)CN)cc1. The predicted molar refractivity (Wildman–Crippen MR) is 69.3 cm³/mol. The van der Waals surface area contributed by atoms with Gasteiger partial charge in [-0.05, 0) is 38.0 Å². The van der Waals surface area contributed by atoms with Crippen molar-refractivity contribution in [1.29, 1.82) is 0 Å². The van der Waals surface area contributed by atoms with E-state index < -0.39 is 15.6 Å². The van der Waals surface area contributed by atoms with Crippen LogP contribution in [0.1, 0.15) is 26.3 Å². The normalized spacial score (nSPS) is 12.7. The lowest BCUT2D eigenvalue weighted by molar-refractivity contribution is 0.462. The molecular weight excluding hydrogens is 236 g/mol. The average molecular weight is 256 g/mol. The van der Waals surface area contributed by atoms with Crippen LogP contribution >= 0.6 is 0 Å². The summed E-state index contributed by atoms with van der Waals surface area (Å²) in [5.41, 5.74) is 5.99. The minimum absolute atomic E-state index is 0.249. The lowest BCUT2D eigenvalue weighted by atomic mass is 10.1. The van der Waals surface area contributed by atoms with E-state index in [1.54, 1.807) is 26.0 Å². The molecule has 5 heteroatoms. The van der Waals surface area contributed by atoms with Crippen molar-refractivity contribution in [3.8, 4) is 0 Å². The van der Waals surface area contributed by atoms with Gasteiger partial charge in [0.25, 0.3) is 0 Å². The Hall–Kier alpha value is -0.910. The van der Waals surface area contributed by atoms with Gasteiger partial charge in [0.05, 0.1) is 4.90 Å². The summed E-state index contributed by atoms with van der Waals surface area (Å²) in [5.74, 6) is 0. The zero-order valence-electron chi connectivity index (χ0n) is 10.5. The first-order valence-corrected chi connectivity index (χ1v) is 7.12. The molecule has 4 nitrogen and oxygen atoms in total. The highest BCUT2D eigenvalue weighted by Crippen LogP contribution is 2.13. The highest BCUT2D eigenvalue weighted by molar-refractivity contribution is 7.89. The van der Waals surface area contributed by atoms with Gasteiger partial charge >= 0.3 is 0 Å². The fourth-order valence-electron chi connectivity index (χ4n) is 1.37. The van der Waals surface area contributed by atoms with Crippen molar-refractivity contribution < 1.29 is 8.42 Å². The van der Waals surface area contributed by atoms with Crippen molar-refractivity contribution in [1.82, 2.24) is 4.72 Å². The van der Waals surface area contributed by atoms with Crippen LogP contribution in [0.15, 0.2) is 29.2 Å². The Bertz CT molecular complexity index is 464. The monoisotopic (exact) mass is 256 g/mol. The van der Waals surface area contributed by atoms with Crippen LogP contribution in [0.3, 0.4) is 0 Å². The van der Waals surface area contributed by atoms with E-state index in [0.29, 0.717) is 0 Å². The van der Waals surface area contributed by atoms with Crippen LogP contribution in [0, 0.1) is 0 Å². The number of rotatable bonds is 5. The van der Waals surface area contributed by atoms with E-state index >= 15 is 0 Å². The zero-order valence-corrected chi connectivity index (χ0v) is 11.3. The second-order valence-corrected chi connectivity index (χ2v) is 6.37. The molecule has 0 aliphatic carbocycles. The molecule has 0 aromatic heterocycles. The summed E-state index contributed by atoms with van der Waals surface area (Å²) in [6.45, 7) is 5.79. The molecule has 0 aliphatic heterocycles. The molecule has 0 unspecified atom stereocenters. The molecule has 17 heavy (non-hydrogen) atoms. The van der Waals surface area contributed by atoms with E-state index in [1.165, 1.54) is 0 Å².